The van der Waals surface area contributed by atoms with Gasteiger partial charge in [-0.15, -0.1) is 0 Å². The zero-order valence-corrected chi connectivity index (χ0v) is 19.5. The van der Waals surface area contributed by atoms with Crippen LogP contribution >= 0.6 is 34.2 Å². The maximum absolute atomic E-state index is 12.7. The predicted molar refractivity (Wildman–Crippen MR) is 127 cm³/mol. The topological polar surface area (TPSA) is 52.7 Å². The molecule has 0 saturated carbocycles. The lowest BCUT2D eigenvalue weighted by Gasteiger charge is -2.37. The SMILES string of the molecule is CC(C)CC(=O)N1CCN(c2ccc(Cl)cc2NC(=O)c2ccc(I)cc2)CC1. The van der Waals surface area contributed by atoms with E-state index in [0.29, 0.717) is 41.7 Å². The summed E-state index contributed by atoms with van der Waals surface area (Å²) < 4.78 is 1.08. The zero-order chi connectivity index (χ0) is 21.0. The van der Waals surface area contributed by atoms with E-state index in [1.165, 1.54) is 0 Å². The van der Waals surface area contributed by atoms with Gasteiger partial charge >= 0.3 is 0 Å². The van der Waals surface area contributed by atoms with Gasteiger partial charge in [-0.05, 0) is 71.0 Å². The van der Waals surface area contributed by atoms with Gasteiger partial charge in [0.1, 0.15) is 0 Å². The Morgan fingerprint density at radius 2 is 1.72 bits per heavy atom. The highest BCUT2D eigenvalue weighted by atomic mass is 127. The minimum Gasteiger partial charge on any atom is -0.366 e. The molecular formula is C22H25ClIN3O2. The highest BCUT2D eigenvalue weighted by Gasteiger charge is 2.23. The van der Waals surface area contributed by atoms with Crippen LogP contribution in [0.3, 0.4) is 0 Å². The number of nitrogens with zero attached hydrogens (tertiary/aromatic N) is 2. The van der Waals surface area contributed by atoms with E-state index in [-0.39, 0.29) is 11.8 Å². The molecule has 2 aromatic rings. The summed E-state index contributed by atoms with van der Waals surface area (Å²) in [5.74, 6) is 0.401. The normalized spacial score (nSPS) is 14.2. The fourth-order valence-electron chi connectivity index (χ4n) is 3.35. The summed E-state index contributed by atoms with van der Waals surface area (Å²) in [5.41, 5.74) is 2.20. The Labute approximate surface area is 190 Å². The molecule has 1 saturated heterocycles. The number of halogens is 2. The number of benzene rings is 2. The molecule has 0 unspecified atom stereocenters. The van der Waals surface area contributed by atoms with Crippen LogP contribution in [-0.4, -0.2) is 42.9 Å². The van der Waals surface area contributed by atoms with Gasteiger partial charge in [0, 0.05) is 46.8 Å². The van der Waals surface area contributed by atoms with Crippen LogP contribution in [0.2, 0.25) is 5.02 Å². The van der Waals surface area contributed by atoms with Crippen molar-refractivity contribution in [2.75, 3.05) is 36.4 Å². The van der Waals surface area contributed by atoms with Crippen molar-refractivity contribution in [3.63, 3.8) is 0 Å². The number of hydrogen-bond acceptors (Lipinski definition) is 3. The summed E-state index contributed by atoms with van der Waals surface area (Å²) in [4.78, 5) is 29.1. The summed E-state index contributed by atoms with van der Waals surface area (Å²) in [5, 5.41) is 3.56. The maximum atomic E-state index is 12.7. The molecule has 0 atom stereocenters. The average molecular weight is 526 g/mol. The molecule has 154 valence electrons. The number of carbonyl (C=O) groups is 2. The number of amides is 2. The lowest BCUT2D eigenvalue weighted by molar-refractivity contribution is -0.132. The summed E-state index contributed by atoms with van der Waals surface area (Å²) in [6.07, 6.45) is 0.582. The van der Waals surface area contributed by atoms with E-state index < -0.39 is 0 Å². The minimum atomic E-state index is -0.171. The number of anilines is 2. The van der Waals surface area contributed by atoms with E-state index in [9.17, 15) is 9.59 Å². The van der Waals surface area contributed by atoms with Crippen molar-refractivity contribution in [3.05, 3.63) is 56.6 Å². The van der Waals surface area contributed by atoms with Crippen molar-refractivity contribution in [3.8, 4) is 0 Å². The average Bonchev–Trinajstić information content (AvgIpc) is 2.68. The van der Waals surface area contributed by atoms with Gasteiger partial charge in [-0.2, -0.15) is 0 Å². The van der Waals surface area contributed by atoms with Crippen molar-refractivity contribution in [1.29, 1.82) is 0 Å². The van der Waals surface area contributed by atoms with E-state index in [0.717, 1.165) is 22.3 Å². The van der Waals surface area contributed by atoms with E-state index >= 15 is 0 Å². The van der Waals surface area contributed by atoms with Gasteiger partial charge in [-0.25, -0.2) is 0 Å². The molecule has 2 aromatic carbocycles. The fraction of sp³-hybridized carbons (Fsp3) is 0.364. The minimum absolute atomic E-state index is 0.171. The van der Waals surface area contributed by atoms with E-state index in [2.05, 4.69) is 46.7 Å². The molecule has 0 spiro atoms. The quantitative estimate of drug-likeness (QED) is 0.566. The first-order valence-corrected chi connectivity index (χ1v) is 11.2. The Balaban J connectivity index is 1.71. The van der Waals surface area contributed by atoms with Crippen LogP contribution in [0.5, 0.6) is 0 Å². The second-order valence-electron chi connectivity index (χ2n) is 7.59. The lowest BCUT2D eigenvalue weighted by atomic mass is 10.1. The Morgan fingerprint density at radius 1 is 1.07 bits per heavy atom. The molecule has 2 amide bonds. The van der Waals surface area contributed by atoms with Gasteiger partial charge in [0.05, 0.1) is 11.4 Å². The third kappa shape index (κ3) is 5.85. The van der Waals surface area contributed by atoms with Crippen LogP contribution in [0.4, 0.5) is 11.4 Å². The molecule has 0 radical (unpaired) electrons. The van der Waals surface area contributed by atoms with Crippen molar-refractivity contribution in [2.45, 2.75) is 20.3 Å². The van der Waals surface area contributed by atoms with Crippen LogP contribution in [0.25, 0.3) is 0 Å². The maximum Gasteiger partial charge on any atom is 0.255 e. The van der Waals surface area contributed by atoms with Crippen molar-refractivity contribution in [2.24, 2.45) is 5.92 Å². The molecule has 0 bridgehead atoms. The Hall–Kier alpha value is -1.80. The second-order valence-corrected chi connectivity index (χ2v) is 9.27. The monoisotopic (exact) mass is 525 g/mol. The molecule has 29 heavy (non-hydrogen) atoms. The molecule has 1 aliphatic rings. The first-order chi connectivity index (χ1) is 13.8. The molecule has 7 heteroatoms. The number of rotatable bonds is 5. The summed E-state index contributed by atoms with van der Waals surface area (Å²) >= 11 is 8.41. The predicted octanol–water partition coefficient (Wildman–Crippen LogP) is 4.89. The van der Waals surface area contributed by atoms with Crippen LogP contribution in [0, 0.1) is 9.49 Å². The number of nitrogens with one attached hydrogen (secondary N) is 1. The Kier molecular flexibility index (Phi) is 7.40. The molecule has 1 heterocycles. The third-order valence-electron chi connectivity index (χ3n) is 4.87. The van der Waals surface area contributed by atoms with Gasteiger partial charge < -0.3 is 15.1 Å². The van der Waals surface area contributed by atoms with Crippen molar-refractivity contribution in [1.82, 2.24) is 4.90 Å². The lowest BCUT2D eigenvalue weighted by Crippen LogP contribution is -2.49. The van der Waals surface area contributed by atoms with Gasteiger partial charge in [0.25, 0.3) is 5.91 Å². The van der Waals surface area contributed by atoms with Crippen LogP contribution < -0.4 is 10.2 Å². The fourth-order valence-corrected chi connectivity index (χ4v) is 3.89. The van der Waals surface area contributed by atoms with Gasteiger partial charge in [-0.3, -0.25) is 9.59 Å². The molecule has 3 rings (SSSR count). The van der Waals surface area contributed by atoms with Gasteiger partial charge in [-0.1, -0.05) is 25.4 Å². The van der Waals surface area contributed by atoms with E-state index in [1.54, 1.807) is 18.2 Å². The standard InChI is InChI=1S/C22H25ClIN3O2/c1-15(2)13-21(28)27-11-9-26(10-12-27)20-8-5-17(23)14-19(20)25-22(29)16-3-6-18(24)7-4-16/h3-8,14-15H,9-13H2,1-2H3,(H,25,29). The second kappa shape index (κ2) is 9.80. The summed E-state index contributed by atoms with van der Waals surface area (Å²) in [7, 11) is 0. The summed E-state index contributed by atoms with van der Waals surface area (Å²) in [6, 6.07) is 13.0. The first kappa shape index (κ1) is 21.9. The van der Waals surface area contributed by atoms with Crippen LogP contribution in [-0.2, 0) is 4.79 Å². The number of carbonyl (C=O) groups excluding carboxylic acids is 2. The van der Waals surface area contributed by atoms with Gasteiger partial charge in [0.15, 0.2) is 0 Å². The first-order valence-electron chi connectivity index (χ1n) is 9.72. The van der Waals surface area contributed by atoms with Crippen LogP contribution in [0.1, 0.15) is 30.6 Å². The highest BCUT2D eigenvalue weighted by molar-refractivity contribution is 14.1. The smallest absolute Gasteiger partial charge is 0.255 e. The summed E-state index contributed by atoms with van der Waals surface area (Å²) in [6.45, 7) is 6.92. The zero-order valence-electron chi connectivity index (χ0n) is 16.6. The molecule has 1 fully saturated rings. The van der Waals surface area contributed by atoms with Crippen molar-refractivity contribution < 1.29 is 9.59 Å². The molecule has 1 aliphatic heterocycles. The molecule has 1 N–H and O–H groups in total. The molecule has 0 aliphatic carbocycles. The molecule has 5 nitrogen and oxygen atoms in total. The molecular weight excluding hydrogens is 501 g/mol. The van der Waals surface area contributed by atoms with Crippen molar-refractivity contribution >= 4 is 57.4 Å². The largest absolute Gasteiger partial charge is 0.366 e. The van der Waals surface area contributed by atoms with E-state index in [4.69, 9.17) is 11.6 Å². The van der Waals surface area contributed by atoms with Crippen LogP contribution in [0.15, 0.2) is 42.5 Å². The van der Waals surface area contributed by atoms with E-state index in [1.807, 2.05) is 29.2 Å². The molecule has 0 aromatic heterocycles. The Morgan fingerprint density at radius 3 is 2.34 bits per heavy atom. The highest BCUT2D eigenvalue weighted by Crippen LogP contribution is 2.30. The third-order valence-corrected chi connectivity index (χ3v) is 5.82. The van der Waals surface area contributed by atoms with Gasteiger partial charge in [0.2, 0.25) is 5.91 Å². The Bertz CT molecular complexity index is 878. The number of hydrogen-bond donors (Lipinski definition) is 1. The number of piperazine rings is 1.